The highest BCUT2D eigenvalue weighted by Gasteiger charge is 2.32. The van der Waals surface area contributed by atoms with Crippen molar-refractivity contribution in [1.29, 1.82) is 0 Å². The van der Waals surface area contributed by atoms with E-state index in [1.165, 1.54) is 18.2 Å². The normalized spacial score (nSPS) is 21.3. The lowest BCUT2D eigenvalue weighted by Crippen LogP contribution is -2.50. The number of nitrogens with two attached hydrogens (primary N) is 1. The molecule has 2 atom stereocenters. The Balaban J connectivity index is 2.04. The summed E-state index contributed by atoms with van der Waals surface area (Å²) in [6, 6.07) is 8.28. The molecule has 0 aliphatic heterocycles. The van der Waals surface area contributed by atoms with Crippen LogP contribution in [0.15, 0.2) is 24.3 Å². The molecule has 2 rings (SSSR count). The molecule has 0 aromatic heterocycles. The number of esters is 1. The third-order valence-corrected chi connectivity index (χ3v) is 3.55. The maximum Gasteiger partial charge on any atom is 0.327 e. The van der Waals surface area contributed by atoms with Crippen LogP contribution in [0.2, 0.25) is 0 Å². The van der Waals surface area contributed by atoms with E-state index in [0.29, 0.717) is 0 Å². The highest BCUT2D eigenvalue weighted by Crippen LogP contribution is 2.32. The predicted molar refractivity (Wildman–Crippen MR) is 72.7 cm³/mol. The zero-order valence-electron chi connectivity index (χ0n) is 11.5. The van der Waals surface area contributed by atoms with Gasteiger partial charge in [0.25, 0.3) is 0 Å². The third kappa shape index (κ3) is 3.14. The topological polar surface area (TPSA) is 61.5 Å². The van der Waals surface area contributed by atoms with Gasteiger partial charge in [-0.2, -0.15) is 0 Å². The lowest BCUT2D eigenvalue weighted by Gasteiger charge is -2.29. The molecule has 2 N–H and O–H groups in total. The molecule has 4 heteroatoms. The Bertz CT molecular complexity index is 456. The Morgan fingerprint density at radius 1 is 1.47 bits per heavy atom. The summed E-state index contributed by atoms with van der Waals surface area (Å²) >= 11 is 0. The molecule has 0 bridgehead atoms. The van der Waals surface area contributed by atoms with Crippen LogP contribution in [0.25, 0.3) is 0 Å². The maximum atomic E-state index is 11.5. The van der Waals surface area contributed by atoms with E-state index in [9.17, 15) is 4.79 Å². The number of ether oxygens (including phenoxy) is 2. The minimum atomic E-state index is -1.10. The summed E-state index contributed by atoms with van der Waals surface area (Å²) in [6.07, 6.45) is 3.18. The molecular formula is C15H21NO3. The van der Waals surface area contributed by atoms with Gasteiger partial charge < -0.3 is 15.2 Å². The van der Waals surface area contributed by atoms with Gasteiger partial charge in [-0.3, -0.25) is 0 Å². The van der Waals surface area contributed by atoms with Crippen molar-refractivity contribution >= 4 is 5.97 Å². The Labute approximate surface area is 113 Å². The summed E-state index contributed by atoms with van der Waals surface area (Å²) < 4.78 is 10.6. The van der Waals surface area contributed by atoms with Crippen molar-refractivity contribution in [3.63, 3.8) is 0 Å². The molecule has 104 valence electrons. The van der Waals surface area contributed by atoms with Gasteiger partial charge in [-0.25, -0.2) is 4.79 Å². The fourth-order valence-corrected chi connectivity index (χ4v) is 2.45. The van der Waals surface area contributed by atoms with Crippen molar-refractivity contribution in [3.05, 3.63) is 35.4 Å². The first-order valence-electron chi connectivity index (χ1n) is 6.61. The summed E-state index contributed by atoms with van der Waals surface area (Å²) in [5.74, 6) is -0.448. The number of carbonyl (C=O) groups excluding carboxylic acids is 1. The maximum absolute atomic E-state index is 11.5. The van der Waals surface area contributed by atoms with E-state index in [4.69, 9.17) is 10.5 Å². The van der Waals surface area contributed by atoms with Crippen LogP contribution in [0, 0.1) is 0 Å². The SMILES string of the molecule is COC(=O)C(C)(N)COC1CCCc2ccccc21. The fraction of sp³-hybridized carbons (Fsp3) is 0.533. The van der Waals surface area contributed by atoms with Crippen LogP contribution in [0.5, 0.6) is 0 Å². The minimum Gasteiger partial charge on any atom is -0.468 e. The fourth-order valence-electron chi connectivity index (χ4n) is 2.45. The zero-order valence-corrected chi connectivity index (χ0v) is 11.5. The van der Waals surface area contributed by atoms with Crippen LogP contribution in [0.4, 0.5) is 0 Å². The molecule has 0 radical (unpaired) electrons. The lowest BCUT2D eigenvalue weighted by atomic mass is 9.89. The molecule has 1 aliphatic rings. The molecule has 0 fully saturated rings. The Kier molecular flexibility index (Phi) is 4.22. The second-order valence-electron chi connectivity index (χ2n) is 5.30. The van der Waals surface area contributed by atoms with E-state index >= 15 is 0 Å². The van der Waals surface area contributed by atoms with E-state index < -0.39 is 11.5 Å². The number of hydrogen-bond donors (Lipinski definition) is 1. The molecule has 0 saturated carbocycles. The lowest BCUT2D eigenvalue weighted by molar-refractivity contribution is -0.149. The molecule has 0 spiro atoms. The largest absolute Gasteiger partial charge is 0.468 e. The van der Waals surface area contributed by atoms with Crippen LogP contribution >= 0.6 is 0 Å². The first kappa shape index (κ1) is 14.0. The molecule has 4 nitrogen and oxygen atoms in total. The van der Waals surface area contributed by atoms with Crippen molar-refractivity contribution in [2.45, 2.75) is 37.8 Å². The summed E-state index contributed by atoms with van der Waals surface area (Å²) in [5, 5.41) is 0. The molecule has 2 unspecified atom stereocenters. The van der Waals surface area contributed by atoms with Gasteiger partial charge in [0.2, 0.25) is 0 Å². The predicted octanol–water partition coefficient (Wildman–Crippen LogP) is 1.97. The van der Waals surface area contributed by atoms with Gasteiger partial charge in [0.15, 0.2) is 0 Å². The monoisotopic (exact) mass is 263 g/mol. The number of fused-ring (bicyclic) bond motifs is 1. The van der Waals surface area contributed by atoms with Crippen molar-refractivity contribution < 1.29 is 14.3 Å². The molecule has 1 aromatic carbocycles. The molecule has 0 heterocycles. The number of rotatable bonds is 4. The highest BCUT2D eigenvalue weighted by molar-refractivity contribution is 5.80. The third-order valence-electron chi connectivity index (χ3n) is 3.55. The summed E-state index contributed by atoms with van der Waals surface area (Å²) in [5.41, 5.74) is 7.36. The quantitative estimate of drug-likeness (QED) is 0.844. The zero-order chi connectivity index (χ0) is 13.9. The number of benzene rings is 1. The van der Waals surface area contributed by atoms with Crippen LogP contribution in [0.1, 0.15) is 37.0 Å². The van der Waals surface area contributed by atoms with Crippen molar-refractivity contribution in [1.82, 2.24) is 0 Å². The van der Waals surface area contributed by atoms with Crippen molar-refractivity contribution in [2.75, 3.05) is 13.7 Å². The number of carbonyl (C=O) groups is 1. The smallest absolute Gasteiger partial charge is 0.327 e. The Morgan fingerprint density at radius 3 is 2.95 bits per heavy atom. The van der Waals surface area contributed by atoms with Gasteiger partial charge in [-0.15, -0.1) is 0 Å². The molecule has 0 saturated heterocycles. The Hall–Kier alpha value is -1.39. The van der Waals surface area contributed by atoms with Gasteiger partial charge in [-0.1, -0.05) is 24.3 Å². The molecule has 0 amide bonds. The van der Waals surface area contributed by atoms with Gasteiger partial charge >= 0.3 is 5.97 Å². The minimum absolute atomic E-state index is 0.0254. The summed E-state index contributed by atoms with van der Waals surface area (Å²) in [6.45, 7) is 1.80. The van der Waals surface area contributed by atoms with Gasteiger partial charge in [-0.05, 0) is 37.3 Å². The highest BCUT2D eigenvalue weighted by atomic mass is 16.5. The first-order chi connectivity index (χ1) is 9.04. The van der Waals surface area contributed by atoms with Gasteiger partial charge in [0.05, 0.1) is 19.8 Å². The van der Waals surface area contributed by atoms with Crippen LogP contribution in [-0.2, 0) is 20.7 Å². The van der Waals surface area contributed by atoms with Crippen LogP contribution in [0.3, 0.4) is 0 Å². The molecule has 1 aliphatic carbocycles. The van der Waals surface area contributed by atoms with E-state index in [-0.39, 0.29) is 12.7 Å². The first-order valence-corrected chi connectivity index (χ1v) is 6.61. The van der Waals surface area contributed by atoms with E-state index in [1.54, 1.807) is 6.92 Å². The average molecular weight is 263 g/mol. The summed E-state index contributed by atoms with van der Waals surface area (Å²) in [4.78, 5) is 11.5. The number of aryl methyl sites for hydroxylation is 1. The van der Waals surface area contributed by atoms with Crippen LogP contribution < -0.4 is 5.73 Å². The molecule has 19 heavy (non-hydrogen) atoms. The molecular weight excluding hydrogens is 242 g/mol. The van der Waals surface area contributed by atoms with Crippen molar-refractivity contribution in [3.8, 4) is 0 Å². The number of hydrogen-bond acceptors (Lipinski definition) is 4. The number of methoxy groups -OCH3 is 1. The standard InChI is InChI=1S/C15H21NO3/c1-15(16,14(17)18-2)10-19-13-9-5-7-11-6-3-4-8-12(11)13/h3-4,6,8,13H,5,7,9-10,16H2,1-2H3. The van der Waals surface area contributed by atoms with Crippen LogP contribution in [-0.4, -0.2) is 25.2 Å². The Morgan fingerprint density at radius 2 is 2.21 bits per heavy atom. The summed E-state index contributed by atoms with van der Waals surface area (Å²) in [7, 11) is 1.34. The van der Waals surface area contributed by atoms with Gasteiger partial charge in [0.1, 0.15) is 5.54 Å². The van der Waals surface area contributed by atoms with E-state index in [1.807, 2.05) is 12.1 Å². The van der Waals surface area contributed by atoms with E-state index in [2.05, 4.69) is 16.9 Å². The average Bonchev–Trinajstić information content (AvgIpc) is 2.44. The second kappa shape index (κ2) is 5.72. The van der Waals surface area contributed by atoms with Gasteiger partial charge in [0, 0.05) is 0 Å². The second-order valence-corrected chi connectivity index (χ2v) is 5.30. The van der Waals surface area contributed by atoms with Crippen molar-refractivity contribution in [2.24, 2.45) is 5.73 Å². The van der Waals surface area contributed by atoms with E-state index in [0.717, 1.165) is 19.3 Å². The molecule has 1 aromatic rings.